The molecule has 3 rings (SSSR count). The lowest BCUT2D eigenvalue weighted by molar-refractivity contribution is -0.152. The van der Waals surface area contributed by atoms with Crippen LogP contribution in [0.4, 0.5) is 10.5 Å². The summed E-state index contributed by atoms with van der Waals surface area (Å²) in [5, 5.41) is 0. The zero-order valence-electron chi connectivity index (χ0n) is 27.4. The van der Waals surface area contributed by atoms with Gasteiger partial charge in [0.1, 0.15) is 29.1 Å². The Morgan fingerprint density at radius 1 is 1.13 bits per heavy atom. The van der Waals surface area contributed by atoms with Crippen LogP contribution in [0.3, 0.4) is 0 Å². The van der Waals surface area contributed by atoms with Gasteiger partial charge in [0, 0.05) is 19.1 Å². The summed E-state index contributed by atoms with van der Waals surface area (Å²) in [4.78, 5) is 59.7. The highest BCUT2D eigenvalue weighted by Crippen LogP contribution is 2.37. The van der Waals surface area contributed by atoms with Gasteiger partial charge in [-0.25, -0.2) is 14.2 Å². The van der Waals surface area contributed by atoms with Crippen LogP contribution in [-0.2, 0) is 37.6 Å². The van der Waals surface area contributed by atoms with Gasteiger partial charge in [-0.05, 0) is 65.7 Å². The number of rotatable bonds is 8. The second-order valence-electron chi connectivity index (χ2n) is 12.4. The SMILES string of the molecule is COCOc1cc(N(CCOP(=O)(O)O)C(=O)OC(C)(C)C)cc2c1C(=O)O[C@@H](C)[C@H](C)C=CC(=O)[C@H]1OC(C)(C)O[C@H]1CC=C2. The second kappa shape index (κ2) is 15.2. The zero-order valence-corrected chi connectivity index (χ0v) is 28.3. The van der Waals surface area contributed by atoms with Crippen molar-refractivity contribution in [1.29, 1.82) is 0 Å². The van der Waals surface area contributed by atoms with Gasteiger partial charge in [0.2, 0.25) is 0 Å². The van der Waals surface area contributed by atoms with Crippen LogP contribution in [0, 0.1) is 5.92 Å². The van der Waals surface area contributed by atoms with Crippen molar-refractivity contribution in [2.45, 2.75) is 84.6 Å². The maximum Gasteiger partial charge on any atom is 0.469 e. The van der Waals surface area contributed by atoms with E-state index < -0.39 is 56.2 Å². The minimum atomic E-state index is -4.85. The minimum Gasteiger partial charge on any atom is -0.467 e. The van der Waals surface area contributed by atoms with Crippen molar-refractivity contribution in [2.24, 2.45) is 5.92 Å². The molecule has 0 spiro atoms. The first-order chi connectivity index (χ1) is 21.3. The quantitative estimate of drug-likeness (QED) is 0.220. The summed E-state index contributed by atoms with van der Waals surface area (Å²) in [6.45, 7) is 10.8. The molecule has 0 aromatic heterocycles. The number of methoxy groups -OCH3 is 1. The molecule has 1 saturated heterocycles. The van der Waals surface area contributed by atoms with Gasteiger partial charge in [0.05, 0.1) is 24.9 Å². The molecule has 46 heavy (non-hydrogen) atoms. The lowest BCUT2D eigenvalue weighted by Crippen LogP contribution is -2.39. The van der Waals surface area contributed by atoms with Crippen molar-refractivity contribution in [2.75, 3.05) is 32.0 Å². The third-order valence-corrected chi connectivity index (χ3v) is 7.40. The van der Waals surface area contributed by atoms with E-state index in [0.717, 1.165) is 4.90 Å². The summed E-state index contributed by atoms with van der Waals surface area (Å²) >= 11 is 0. The van der Waals surface area contributed by atoms with E-state index in [1.807, 2.05) is 0 Å². The van der Waals surface area contributed by atoms with E-state index in [1.165, 1.54) is 25.3 Å². The maximum absolute atomic E-state index is 13.7. The van der Waals surface area contributed by atoms with Crippen molar-refractivity contribution >= 4 is 37.4 Å². The largest absolute Gasteiger partial charge is 0.469 e. The Kier molecular flexibility index (Phi) is 12.3. The molecule has 15 heteroatoms. The van der Waals surface area contributed by atoms with Gasteiger partial charge in [0.25, 0.3) is 0 Å². The van der Waals surface area contributed by atoms with E-state index >= 15 is 0 Å². The predicted molar refractivity (Wildman–Crippen MR) is 166 cm³/mol. The number of ether oxygens (including phenoxy) is 6. The Morgan fingerprint density at radius 2 is 1.83 bits per heavy atom. The van der Waals surface area contributed by atoms with Gasteiger partial charge in [0.15, 0.2) is 18.4 Å². The lowest BCUT2D eigenvalue weighted by atomic mass is 9.99. The van der Waals surface area contributed by atoms with E-state index in [4.69, 9.17) is 28.4 Å². The van der Waals surface area contributed by atoms with Crippen molar-refractivity contribution in [1.82, 2.24) is 0 Å². The van der Waals surface area contributed by atoms with E-state index in [9.17, 15) is 28.7 Å². The van der Waals surface area contributed by atoms with E-state index in [2.05, 4.69) is 4.52 Å². The number of carbonyl (C=O) groups is 3. The van der Waals surface area contributed by atoms with E-state index in [1.54, 1.807) is 66.7 Å². The third-order valence-electron chi connectivity index (χ3n) is 6.88. The van der Waals surface area contributed by atoms with Crippen molar-refractivity contribution in [3.8, 4) is 5.75 Å². The van der Waals surface area contributed by atoms with Gasteiger partial charge >= 0.3 is 19.9 Å². The average Bonchev–Trinajstić information content (AvgIpc) is 3.24. The molecule has 0 bridgehead atoms. The topological polar surface area (TPSA) is 177 Å². The Morgan fingerprint density at radius 3 is 2.46 bits per heavy atom. The monoisotopic (exact) mass is 669 g/mol. The number of phosphoric ester groups is 1. The molecule has 14 nitrogen and oxygen atoms in total. The molecule has 1 aromatic carbocycles. The van der Waals surface area contributed by atoms with Gasteiger partial charge < -0.3 is 38.2 Å². The Labute approximate surface area is 268 Å². The standard InChI is InChI=1S/C31H44NO13P/c1-19-12-13-23(33)27-24(43-31(6,7)44-27)11-9-10-21-16-22(17-25(40-18-39-8)26(21)28(34)42-20(19)2)32(14-15-41-46(36,37)38)29(35)45-30(3,4)5/h9-10,12-13,16-17,19-20,24,27H,11,14-15,18H2,1-8H3,(H2,36,37,38)/t19-,20+,24+,27-/m1/s1. The van der Waals surface area contributed by atoms with Crippen LogP contribution in [0.1, 0.15) is 70.8 Å². The number of amides is 1. The molecule has 1 aromatic rings. The molecule has 0 saturated carbocycles. The highest BCUT2D eigenvalue weighted by atomic mass is 31.2. The van der Waals surface area contributed by atoms with Crippen LogP contribution in [0.15, 0.2) is 30.4 Å². The van der Waals surface area contributed by atoms with Crippen LogP contribution >= 0.6 is 7.82 Å². The van der Waals surface area contributed by atoms with E-state index in [-0.39, 0.29) is 54.0 Å². The van der Waals surface area contributed by atoms with Crippen molar-refractivity contribution in [3.63, 3.8) is 0 Å². The molecule has 0 radical (unpaired) electrons. The molecule has 4 atom stereocenters. The molecule has 2 aliphatic heterocycles. The number of esters is 1. The number of carbonyl (C=O) groups excluding carboxylic acids is 3. The third kappa shape index (κ3) is 10.7. The first-order valence-electron chi connectivity index (χ1n) is 14.8. The second-order valence-corrected chi connectivity index (χ2v) is 13.6. The number of phosphoric acid groups is 1. The molecule has 2 aliphatic rings. The van der Waals surface area contributed by atoms with Gasteiger partial charge in [-0.15, -0.1) is 0 Å². The van der Waals surface area contributed by atoms with Crippen molar-refractivity contribution < 1.29 is 61.7 Å². The zero-order chi connectivity index (χ0) is 34.4. The van der Waals surface area contributed by atoms with Crippen molar-refractivity contribution in [3.05, 3.63) is 41.5 Å². The Balaban J connectivity index is 2.18. The fourth-order valence-corrected chi connectivity index (χ4v) is 4.99. The number of hydrogen-bond donors (Lipinski definition) is 2. The summed E-state index contributed by atoms with van der Waals surface area (Å²) in [5.41, 5.74) is -0.458. The average molecular weight is 670 g/mol. The molecule has 2 heterocycles. The molecule has 2 N–H and O–H groups in total. The predicted octanol–water partition coefficient (Wildman–Crippen LogP) is 4.76. The molecule has 256 valence electrons. The smallest absolute Gasteiger partial charge is 0.467 e. The number of cyclic esters (lactones) is 1. The van der Waals surface area contributed by atoms with Crippen LogP contribution in [0.5, 0.6) is 5.75 Å². The summed E-state index contributed by atoms with van der Waals surface area (Å²) in [5.74, 6) is -2.38. The number of fused-ring (bicyclic) bond motifs is 2. The summed E-state index contributed by atoms with van der Waals surface area (Å²) < 4.78 is 50.2. The number of hydrogen-bond acceptors (Lipinski definition) is 11. The number of anilines is 1. The molecule has 0 unspecified atom stereocenters. The fourth-order valence-electron chi connectivity index (χ4n) is 4.67. The van der Waals surface area contributed by atoms with Gasteiger partial charge in [-0.1, -0.05) is 25.2 Å². The van der Waals surface area contributed by atoms with Crippen LogP contribution in [0.2, 0.25) is 0 Å². The highest BCUT2D eigenvalue weighted by Gasteiger charge is 2.43. The molecule has 0 aliphatic carbocycles. The summed E-state index contributed by atoms with van der Waals surface area (Å²) in [6, 6.07) is 2.91. The van der Waals surface area contributed by atoms with Crippen LogP contribution < -0.4 is 9.64 Å². The normalized spacial score (nSPS) is 23.6. The number of ketones is 1. The maximum atomic E-state index is 13.7. The summed E-state index contributed by atoms with van der Waals surface area (Å²) in [6.07, 6.45) is 3.58. The minimum absolute atomic E-state index is 0.00518. The Hall–Kier alpha value is -3.10. The first kappa shape index (κ1) is 37.4. The summed E-state index contributed by atoms with van der Waals surface area (Å²) in [7, 11) is -3.45. The fraction of sp³-hybridized carbons (Fsp3) is 0.581. The molecular weight excluding hydrogens is 625 g/mol. The van der Waals surface area contributed by atoms with Crippen LogP contribution in [-0.4, -0.2) is 84.4 Å². The first-order valence-corrected chi connectivity index (χ1v) is 16.3. The lowest BCUT2D eigenvalue weighted by Gasteiger charge is -2.28. The number of nitrogens with zero attached hydrogens (tertiary/aromatic N) is 1. The molecule has 1 fully saturated rings. The Bertz CT molecular complexity index is 1380. The van der Waals surface area contributed by atoms with Crippen LogP contribution in [0.25, 0.3) is 6.08 Å². The van der Waals surface area contributed by atoms with Gasteiger partial charge in [-0.2, -0.15) is 0 Å². The van der Waals surface area contributed by atoms with Gasteiger partial charge in [-0.3, -0.25) is 14.2 Å². The molecule has 1 amide bonds. The van der Waals surface area contributed by atoms with E-state index in [0.29, 0.717) is 0 Å². The number of benzene rings is 1. The highest BCUT2D eigenvalue weighted by molar-refractivity contribution is 7.46. The molecular formula is C31H44NO13P.